The number of aryl methyl sites for hydroxylation is 1. The molecule has 0 aliphatic rings. The zero-order valence-electron chi connectivity index (χ0n) is 11.8. The summed E-state index contributed by atoms with van der Waals surface area (Å²) in [6.07, 6.45) is 5.67. The van der Waals surface area contributed by atoms with Crippen LogP contribution in [0.15, 0.2) is 29.4 Å². The van der Waals surface area contributed by atoms with Crippen molar-refractivity contribution in [1.29, 1.82) is 0 Å². The Balaban J connectivity index is 2.50. The van der Waals surface area contributed by atoms with Crippen molar-refractivity contribution in [2.45, 2.75) is 39.3 Å². The van der Waals surface area contributed by atoms with Gasteiger partial charge in [-0.2, -0.15) is 5.90 Å². The number of nitrogens with zero attached hydrogens (tertiary/aromatic N) is 2. The number of fused-ring (bicyclic) bond motifs is 1. The van der Waals surface area contributed by atoms with Gasteiger partial charge in [-0.15, -0.1) is 0 Å². The second-order valence-corrected chi connectivity index (χ2v) is 5.24. The zero-order valence-corrected chi connectivity index (χ0v) is 12.6. The van der Waals surface area contributed by atoms with Gasteiger partial charge in [0.25, 0.3) is 0 Å². The molecule has 0 bridgehead atoms. The number of halogens is 1. The van der Waals surface area contributed by atoms with Crippen molar-refractivity contribution in [1.82, 2.24) is 4.57 Å². The summed E-state index contributed by atoms with van der Waals surface area (Å²) in [7, 11) is 0. The minimum absolute atomic E-state index is 0.0256. The van der Waals surface area contributed by atoms with E-state index in [0.717, 1.165) is 40.9 Å². The van der Waals surface area contributed by atoms with Gasteiger partial charge in [0.2, 0.25) is 0 Å². The SMILES string of the molecule is CCCCn1cc([C@H](C)N=CON)c2cccc(Cl)c21. The number of nitrogens with two attached hydrogens (primary N) is 1. The molecular weight excluding hydrogens is 274 g/mol. The molecular formula is C15H20ClN3O. The number of hydrogen-bond acceptors (Lipinski definition) is 3. The minimum atomic E-state index is -0.0256. The lowest BCUT2D eigenvalue weighted by Gasteiger charge is -2.04. The van der Waals surface area contributed by atoms with Crippen LogP contribution in [0.25, 0.3) is 10.9 Å². The predicted octanol–water partition coefficient (Wildman–Crippen LogP) is 4.07. The third-order valence-corrected chi connectivity index (χ3v) is 3.73. The fourth-order valence-corrected chi connectivity index (χ4v) is 2.67. The molecule has 0 unspecified atom stereocenters. The summed E-state index contributed by atoms with van der Waals surface area (Å²) in [5, 5.41) is 1.91. The molecule has 0 radical (unpaired) electrons. The fourth-order valence-electron chi connectivity index (χ4n) is 2.39. The first-order chi connectivity index (χ1) is 9.69. The Kier molecular flexibility index (Phi) is 5.04. The molecule has 0 amide bonds. The van der Waals surface area contributed by atoms with Gasteiger partial charge in [-0.1, -0.05) is 37.1 Å². The Morgan fingerprint density at radius 3 is 3.00 bits per heavy atom. The minimum Gasteiger partial charge on any atom is -0.400 e. The number of aromatic nitrogens is 1. The highest BCUT2D eigenvalue weighted by atomic mass is 35.5. The van der Waals surface area contributed by atoms with E-state index in [1.54, 1.807) is 0 Å². The maximum Gasteiger partial charge on any atom is 0.196 e. The van der Waals surface area contributed by atoms with Gasteiger partial charge in [0, 0.05) is 23.7 Å². The number of hydrogen-bond donors (Lipinski definition) is 1. The van der Waals surface area contributed by atoms with Gasteiger partial charge in [-0.25, -0.2) is 4.99 Å². The van der Waals surface area contributed by atoms with E-state index in [1.807, 2.05) is 19.1 Å². The van der Waals surface area contributed by atoms with Crippen molar-refractivity contribution >= 4 is 28.9 Å². The van der Waals surface area contributed by atoms with E-state index in [1.165, 1.54) is 6.40 Å². The maximum atomic E-state index is 6.36. The highest BCUT2D eigenvalue weighted by Crippen LogP contribution is 2.32. The van der Waals surface area contributed by atoms with Gasteiger partial charge in [0.05, 0.1) is 16.6 Å². The summed E-state index contributed by atoms with van der Waals surface area (Å²) < 4.78 is 2.21. The third kappa shape index (κ3) is 2.97. The summed E-state index contributed by atoms with van der Waals surface area (Å²) in [6, 6.07) is 5.94. The third-order valence-electron chi connectivity index (χ3n) is 3.43. The van der Waals surface area contributed by atoms with Crippen LogP contribution in [-0.4, -0.2) is 11.0 Å². The topological polar surface area (TPSA) is 52.5 Å². The predicted molar refractivity (Wildman–Crippen MR) is 84.0 cm³/mol. The zero-order chi connectivity index (χ0) is 14.5. The van der Waals surface area contributed by atoms with Gasteiger partial charge in [-0.3, -0.25) is 0 Å². The summed E-state index contributed by atoms with van der Waals surface area (Å²) >= 11 is 6.36. The van der Waals surface area contributed by atoms with Crippen LogP contribution in [0.2, 0.25) is 5.02 Å². The molecule has 0 saturated carbocycles. The molecule has 1 aromatic heterocycles. The van der Waals surface area contributed by atoms with Crippen LogP contribution in [0.4, 0.5) is 0 Å². The molecule has 108 valence electrons. The number of para-hydroxylation sites is 1. The van der Waals surface area contributed by atoms with Crippen molar-refractivity contribution < 1.29 is 4.84 Å². The average Bonchev–Trinajstić information content (AvgIpc) is 2.83. The number of rotatable bonds is 6. The molecule has 1 aromatic carbocycles. The molecule has 1 heterocycles. The lowest BCUT2D eigenvalue weighted by atomic mass is 10.1. The van der Waals surface area contributed by atoms with Crippen LogP contribution in [0.1, 0.15) is 38.3 Å². The van der Waals surface area contributed by atoms with Gasteiger partial charge in [0.1, 0.15) is 0 Å². The van der Waals surface area contributed by atoms with E-state index in [2.05, 4.69) is 33.6 Å². The molecule has 2 N–H and O–H groups in total. The van der Waals surface area contributed by atoms with Gasteiger partial charge in [0.15, 0.2) is 6.40 Å². The first-order valence-corrected chi connectivity index (χ1v) is 7.21. The second-order valence-electron chi connectivity index (χ2n) is 4.83. The van der Waals surface area contributed by atoms with Crippen LogP contribution in [-0.2, 0) is 11.4 Å². The van der Waals surface area contributed by atoms with E-state index >= 15 is 0 Å². The van der Waals surface area contributed by atoms with Crippen molar-refractivity contribution in [2.24, 2.45) is 10.9 Å². The molecule has 0 spiro atoms. The molecule has 0 fully saturated rings. The Labute approximate surface area is 124 Å². The largest absolute Gasteiger partial charge is 0.400 e. The second kappa shape index (κ2) is 6.77. The van der Waals surface area contributed by atoms with Gasteiger partial charge in [-0.05, 0) is 19.4 Å². The lowest BCUT2D eigenvalue weighted by Crippen LogP contribution is -1.98. The molecule has 0 aliphatic carbocycles. The molecule has 20 heavy (non-hydrogen) atoms. The summed E-state index contributed by atoms with van der Waals surface area (Å²) in [4.78, 5) is 8.67. The number of aliphatic imine (C=N–C) groups is 1. The van der Waals surface area contributed by atoms with Crippen LogP contribution >= 0.6 is 11.6 Å². The Morgan fingerprint density at radius 2 is 2.30 bits per heavy atom. The van der Waals surface area contributed by atoms with Crippen LogP contribution in [0, 0.1) is 0 Å². The van der Waals surface area contributed by atoms with Crippen LogP contribution in [0.5, 0.6) is 0 Å². The first-order valence-electron chi connectivity index (χ1n) is 6.83. The lowest BCUT2D eigenvalue weighted by molar-refractivity contribution is 0.335. The summed E-state index contributed by atoms with van der Waals surface area (Å²) in [6.45, 7) is 5.15. The smallest absolute Gasteiger partial charge is 0.196 e. The van der Waals surface area contributed by atoms with Gasteiger partial charge < -0.3 is 9.40 Å². The van der Waals surface area contributed by atoms with Crippen LogP contribution < -0.4 is 5.90 Å². The van der Waals surface area contributed by atoms with Gasteiger partial charge >= 0.3 is 0 Å². The molecule has 2 aromatic rings. The van der Waals surface area contributed by atoms with E-state index in [9.17, 15) is 0 Å². The Morgan fingerprint density at radius 1 is 1.50 bits per heavy atom. The molecule has 0 aliphatic heterocycles. The van der Waals surface area contributed by atoms with Crippen molar-refractivity contribution in [3.05, 3.63) is 35.0 Å². The summed E-state index contributed by atoms with van der Waals surface area (Å²) in [5.74, 6) is 4.99. The molecule has 2 rings (SSSR count). The monoisotopic (exact) mass is 293 g/mol. The quantitative estimate of drug-likeness (QED) is 0.496. The highest BCUT2D eigenvalue weighted by Gasteiger charge is 2.15. The average molecular weight is 294 g/mol. The molecule has 0 saturated heterocycles. The first kappa shape index (κ1) is 14.9. The Hall–Kier alpha value is -1.52. The van der Waals surface area contributed by atoms with Crippen molar-refractivity contribution in [3.8, 4) is 0 Å². The number of benzene rings is 1. The van der Waals surface area contributed by atoms with Crippen molar-refractivity contribution in [3.63, 3.8) is 0 Å². The Bertz CT molecular complexity index is 606. The van der Waals surface area contributed by atoms with E-state index in [4.69, 9.17) is 17.5 Å². The molecule has 1 atom stereocenters. The van der Waals surface area contributed by atoms with E-state index in [0.29, 0.717) is 0 Å². The number of unbranched alkanes of at least 4 members (excludes halogenated alkanes) is 1. The summed E-state index contributed by atoms with van der Waals surface area (Å²) in [5.41, 5.74) is 2.21. The van der Waals surface area contributed by atoms with Crippen LogP contribution in [0.3, 0.4) is 0 Å². The van der Waals surface area contributed by atoms with E-state index < -0.39 is 0 Å². The molecule has 5 heteroatoms. The standard InChI is InChI=1S/C15H20ClN3O/c1-3-4-8-19-9-13(11(2)18-10-20-17)12-6-5-7-14(16)15(12)19/h5-7,9-11H,3-4,8,17H2,1-2H3/t11-/m0/s1. The highest BCUT2D eigenvalue weighted by molar-refractivity contribution is 6.35. The maximum absolute atomic E-state index is 6.36. The normalized spacial score (nSPS) is 13.2. The van der Waals surface area contributed by atoms with E-state index in [-0.39, 0.29) is 6.04 Å². The molecule has 4 nitrogen and oxygen atoms in total. The fraction of sp³-hybridized carbons (Fsp3) is 0.400. The van der Waals surface area contributed by atoms with Crippen molar-refractivity contribution in [2.75, 3.05) is 0 Å².